The van der Waals surface area contributed by atoms with Gasteiger partial charge in [-0.15, -0.1) is 0 Å². The number of sulfonamides is 1. The molecule has 0 saturated heterocycles. The Kier molecular flexibility index (Phi) is 4.69. The fourth-order valence-corrected chi connectivity index (χ4v) is 3.31. The van der Waals surface area contributed by atoms with Gasteiger partial charge in [-0.2, -0.15) is 0 Å². The predicted octanol–water partition coefficient (Wildman–Crippen LogP) is 1.02. The second-order valence-electron chi connectivity index (χ2n) is 3.60. The number of nitrogens with one attached hydrogen (secondary N) is 1. The van der Waals surface area contributed by atoms with Crippen molar-refractivity contribution < 1.29 is 8.42 Å². The smallest absolute Gasteiger partial charge is 0.251 e. The van der Waals surface area contributed by atoms with Gasteiger partial charge in [-0.1, -0.05) is 22.9 Å². The van der Waals surface area contributed by atoms with Crippen molar-refractivity contribution >= 4 is 33.0 Å². The third kappa shape index (κ3) is 3.67. The Hall–Kier alpha value is -0.210. The van der Waals surface area contributed by atoms with E-state index in [1.54, 1.807) is 0 Å². The predicted molar refractivity (Wildman–Crippen MR) is 65.5 cm³/mol. The molecule has 1 atom stereocenters. The Balaban J connectivity index is 2.67. The van der Waals surface area contributed by atoms with E-state index in [-0.39, 0.29) is 14.7 Å². The Labute approximate surface area is 104 Å². The lowest BCUT2D eigenvalue weighted by atomic mass is 10.3. The maximum atomic E-state index is 11.8. The summed E-state index contributed by atoms with van der Waals surface area (Å²) in [7, 11) is 0.310. The number of halogens is 1. The van der Waals surface area contributed by atoms with Crippen LogP contribution < -0.4 is 4.72 Å². The minimum absolute atomic E-state index is 0.123. The molecule has 0 spiro atoms. The summed E-state index contributed by atoms with van der Waals surface area (Å²) in [4.78, 5) is 5.63. The molecule has 8 heteroatoms. The molecule has 1 rings (SSSR count). The molecule has 0 amide bonds. The summed E-state index contributed by atoms with van der Waals surface area (Å²) in [5, 5.41) is 0. The standard InChI is InChI=1S/C8H14ClN3O2S2/c1-6(12(2)3)4-11-16(13,14)7-5-10-8(9)15-7/h5-6,11H,4H2,1-3H3. The van der Waals surface area contributed by atoms with Gasteiger partial charge in [-0.3, -0.25) is 0 Å². The van der Waals surface area contributed by atoms with E-state index in [0.717, 1.165) is 11.3 Å². The van der Waals surface area contributed by atoms with Gasteiger partial charge in [0.15, 0.2) is 8.68 Å². The van der Waals surface area contributed by atoms with E-state index in [4.69, 9.17) is 11.6 Å². The van der Waals surface area contributed by atoms with Gasteiger partial charge in [0.05, 0.1) is 6.20 Å². The minimum atomic E-state index is -3.47. The summed E-state index contributed by atoms with van der Waals surface area (Å²) in [6.45, 7) is 2.28. The summed E-state index contributed by atoms with van der Waals surface area (Å²) in [6.07, 6.45) is 1.26. The zero-order chi connectivity index (χ0) is 12.3. The van der Waals surface area contributed by atoms with Crippen molar-refractivity contribution in [3.63, 3.8) is 0 Å². The first kappa shape index (κ1) is 13.9. The molecule has 0 aliphatic heterocycles. The highest BCUT2D eigenvalue weighted by atomic mass is 35.5. The maximum Gasteiger partial charge on any atom is 0.251 e. The molecule has 0 radical (unpaired) electrons. The van der Waals surface area contributed by atoms with E-state index in [0.29, 0.717) is 6.54 Å². The van der Waals surface area contributed by atoms with Gasteiger partial charge >= 0.3 is 0 Å². The highest BCUT2D eigenvalue weighted by Crippen LogP contribution is 2.21. The summed E-state index contributed by atoms with van der Waals surface area (Å²) in [5.41, 5.74) is 0. The summed E-state index contributed by atoms with van der Waals surface area (Å²) in [6, 6.07) is 0.123. The molecule has 1 heterocycles. The molecule has 0 aliphatic rings. The van der Waals surface area contributed by atoms with Gasteiger partial charge in [-0.05, 0) is 21.0 Å². The van der Waals surface area contributed by atoms with Crippen LogP contribution in [0.15, 0.2) is 10.4 Å². The van der Waals surface area contributed by atoms with Crippen LogP contribution in [-0.2, 0) is 10.0 Å². The summed E-state index contributed by atoms with van der Waals surface area (Å²) in [5.74, 6) is 0. The number of nitrogens with zero attached hydrogens (tertiary/aromatic N) is 2. The van der Waals surface area contributed by atoms with Crippen LogP contribution in [0.5, 0.6) is 0 Å². The SMILES string of the molecule is CC(CNS(=O)(=O)c1cnc(Cl)s1)N(C)C. The first-order chi connectivity index (χ1) is 7.33. The van der Waals surface area contributed by atoms with Crippen molar-refractivity contribution in [3.05, 3.63) is 10.7 Å². The molecule has 0 bridgehead atoms. The van der Waals surface area contributed by atoms with Crippen LogP contribution >= 0.6 is 22.9 Å². The van der Waals surface area contributed by atoms with Crippen LogP contribution in [0.3, 0.4) is 0 Å². The number of rotatable bonds is 5. The number of likely N-dealkylation sites (N-methyl/N-ethyl adjacent to an activating group) is 1. The van der Waals surface area contributed by atoms with Gasteiger partial charge in [0.25, 0.3) is 10.0 Å². The second kappa shape index (κ2) is 5.42. The number of hydrogen-bond acceptors (Lipinski definition) is 5. The fraction of sp³-hybridized carbons (Fsp3) is 0.625. The molecule has 0 fully saturated rings. The molecule has 0 aromatic carbocycles. The third-order valence-corrected chi connectivity index (χ3v) is 5.17. The molecule has 1 aromatic rings. The lowest BCUT2D eigenvalue weighted by molar-refractivity contribution is 0.314. The molecule has 16 heavy (non-hydrogen) atoms. The average molecular weight is 284 g/mol. The van der Waals surface area contributed by atoms with Gasteiger partial charge in [0.2, 0.25) is 0 Å². The fourth-order valence-electron chi connectivity index (χ4n) is 0.847. The van der Waals surface area contributed by atoms with Crippen LogP contribution in [0.4, 0.5) is 0 Å². The quantitative estimate of drug-likeness (QED) is 0.877. The van der Waals surface area contributed by atoms with Crippen LogP contribution in [0.25, 0.3) is 0 Å². The summed E-state index contributed by atoms with van der Waals surface area (Å²) < 4.78 is 26.4. The van der Waals surface area contributed by atoms with Crippen molar-refractivity contribution in [2.45, 2.75) is 17.2 Å². The van der Waals surface area contributed by atoms with Crippen LogP contribution in [0.2, 0.25) is 4.47 Å². The number of aromatic nitrogens is 1. The summed E-state index contributed by atoms with van der Waals surface area (Å²) >= 11 is 6.53. The van der Waals surface area contributed by atoms with Crippen LogP contribution in [0.1, 0.15) is 6.92 Å². The van der Waals surface area contributed by atoms with Gasteiger partial charge in [0, 0.05) is 12.6 Å². The Morgan fingerprint density at radius 2 is 2.25 bits per heavy atom. The lowest BCUT2D eigenvalue weighted by Gasteiger charge is -2.19. The first-order valence-corrected chi connectivity index (χ1v) is 7.28. The van der Waals surface area contributed by atoms with E-state index >= 15 is 0 Å². The third-order valence-electron chi connectivity index (χ3n) is 2.17. The van der Waals surface area contributed by atoms with E-state index in [1.807, 2.05) is 25.9 Å². The van der Waals surface area contributed by atoms with Crippen LogP contribution in [0, 0.1) is 0 Å². The van der Waals surface area contributed by atoms with Crippen molar-refractivity contribution in [2.24, 2.45) is 0 Å². The Morgan fingerprint density at radius 3 is 2.69 bits per heavy atom. The largest absolute Gasteiger partial charge is 0.305 e. The normalized spacial score (nSPS) is 14.3. The topological polar surface area (TPSA) is 62.3 Å². The van der Waals surface area contributed by atoms with Crippen molar-refractivity contribution in [2.75, 3.05) is 20.6 Å². The van der Waals surface area contributed by atoms with Crippen LogP contribution in [-0.4, -0.2) is 45.0 Å². The Bertz CT molecular complexity index is 444. The van der Waals surface area contributed by atoms with E-state index < -0.39 is 10.0 Å². The molecular formula is C8H14ClN3O2S2. The zero-order valence-corrected chi connectivity index (χ0v) is 11.7. The van der Waals surface area contributed by atoms with Crippen molar-refractivity contribution in [1.29, 1.82) is 0 Å². The van der Waals surface area contributed by atoms with Crippen molar-refractivity contribution in [3.8, 4) is 0 Å². The lowest BCUT2D eigenvalue weighted by Crippen LogP contribution is -2.37. The number of hydrogen-bond donors (Lipinski definition) is 1. The van der Waals surface area contributed by atoms with E-state index in [1.165, 1.54) is 6.20 Å². The molecule has 1 unspecified atom stereocenters. The van der Waals surface area contributed by atoms with Crippen molar-refractivity contribution in [1.82, 2.24) is 14.6 Å². The second-order valence-corrected chi connectivity index (χ2v) is 7.20. The van der Waals surface area contributed by atoms with Gasteiger partial charge in [-0.25, -0.2) is 18.1 Å². The molecule has 5 nitrogen and oxygen atoms in total. The molecule has 92 valence electrons. The zero-order valence-electron chi connectivity index (χ0n) is 9.27. The van der Waals surface area contributed by atoms with E-state index in [9.17, 15) is 8.42 Å². The van der Waals surface area contributed by atoms with Gasteiger partial charge < -0.3 is 4.90 Å². The minimum Gasteiger partial charge on any atom is -0.305 e. The molecule has 0 saturated carbocycles. The highest BCUT2D eigenvalue weighted by Gasteiger charge is 2.18. The van der Waals surface area contributed by atoms with E-state index in [2.05, 4.69) is 9.71 Å². The highest BCUT2D eigenvalue weighted by molar-refractivity contribution is 7.91. The van der Waals surface area contributed by atoms with Gasteiger partial charge in [0.1, 0.15) is 0 Å². The molecule has 0 aliphatic carbocycles. The maximum absolute atomic E-state index is 11.8. The molecular weight excluding hydrogens is 270 g/mol. The molecule has 1 aromatic heterocycles. The number of thiazole rings is 1. The Morgan fingerprint density at radius 1 is 1.62 bits per heavy atom. The first-order valence-electron chi connectivity index (χ1n) is 4.60. The monoisotopic (exact) mass is 283 g/mol. The molecule has 1 N–H and O–H groups in total. The average Bonchev–Trinajstić information content (AvgIpc) is 2.61.